The van der Waals surface area contributed by atoms with Gasteiger partial charge in [-0.3, -0.25) is 9.78 Å². The number of amides is 1. The minimum atomic E-state index is -0.475. The van der Waals surface area contributed by atoms with Crippen molar-refractivity contribution in [2.75, 3.05) is 31.2 Å². The number of aromatic nitrogens is 1. The van der Waals surface area contributed by atoms with Gasteiger partial charge in [0, 0.05) is 44.4 Å². The third-order valence-corrected chi connectivity index (χ3v) is 3.83. The van der Waals surface area contributed by atoms with E-state index in [0.29, 0.717) is 39.1 Å². The highest BCUT2D eigenvalue weighted by atomic mass is 16.5. The lowest BCUT2D eigenvalue weighted by Crippen LogP contribution is -2.51. The third kappa shape index (κ3) is 2.77. The number of ether oxygens (including phenoxy) is 1. The van der Waals surface area contributed by atoms with Gasteiger partial charge in [-0.25, -0.2) is 0 Å². The van der Waals surface area contributed by atoms with Gasteiger partial charge in [-0.15, -0.1) is 0 Å². The van der Waals surface area contributed by atoms with E-state index in [0.717, 1.165) is 5.69 Å². The molecule has 0 bridgehead atoms. The first kappa shape index (κ1) is 14.0. The molecular weight excluding hydrogens is 242 g/mol. The molecular formula is C14H21N3O2. The maximum atomic E-state index is 12.9. The van der Waals surface area contributed by atoms with Gasteiger partial charge in [0.05, 0.1) is 5.41 Å². The predicted molar refractivity (Wildman–Crippen MR) is 73.8 cm³/mol. The standard InChI is InChI=1S/C14H21N3O2/c1-2-17(12-3-7-16-8-4-12)13(18)14(11-15)5-9-19-10-6-14/h3-4,7-8H,2,5-6,9-11,15H2,1H3. The summed E-state index contributed by atoms with van der Waals surface area (Å²) in [6.07, 6.45) is 4.79. The van der Waals surface area contributed by atoms with Gasteiger partial charge in [-0.05, 0) is 31.9 Å². The van der Waals surface area contributed by atoms with Crippen molar-refractivity contribution in [2.45, 2.75) is 19.8 Å². The maximum Gasteiger partial charge on any atom is 0.234 e. The fourth-order valence-electron chi connectivity index (χ4n) is 2.52. The van der Waals surface area contributed by atoms with Gasteiger partial charge in [0.25, 0.3) is 0 Å². The number of pyridine rings is 1. The molecule has 1 aromatic heterocycles. The number of anilines is 1. The lowest BCUT2D eigenvalue weighted by atomic mass is 9.78. The van der Waals surface area contributed by atoms with Gasteiger partial charge >= 0.3 is 0 Å². The second-order valence-electron chi connectivity index (χ2n) is 4.85. The largest absolute Gasteiger partial charge is 0.381 e. The van der Waals surface area contributed by atoms with Crippen LogP contribution in [0.2, 0.25) is 0 Å². The second-order valence-corrected chi connectivity index (χ2v) is 4.85. The first-order chi connectivity index (χ1) is 9.23. The van der Waals surface area contributed by atoms with Crippen LogP contribution in [0.3, 0.4) is 0 Å². The van der Waals surface area contributed by atoms with E-state index in [1.807, 2.05) is 19.1 Å². The van der Waals surface area contributed by atoms with Crippen molar-refractivity contribution in [2.24, 2.45) is 11.1 Å². The summed E-state index contributed by atoms with van der Waals surface area (Å²) in [6.45, 7) is 4.19. The lowest BCUT2D eigenvalue weighted by Gasteiger charge is -2.38. The highest BCUT2D eigenvalue weighted by molar-refractivity contribution is 5.97. The van der Waals surface area contributed by atoms with Crippen LogP contribution in [-0.4, -0.2) is 37.2 Å². The maximum absolute atomic E-state index is 12.9. The number of carbonyl (C=O) groups is 1. The van der Waals surface area contributed by atoms with Crippen molar-refractivity contribution in [3.63, 3.8) is 0 Å². The SMILES string of the molecule is CCN(C(=O)C1(CN)CCOCC1)c1ccncc1. The second kappa shape index (κ2) is 6.12. The van der Waals surface area contributed by atoms with Crippen LogP contribution in [-0.2, 0) is 9.53 Å². The van der Waals surface area contributed by atoms with Crippen molar-refractivity contribution in [1.29, 1.82) is 0 Å². The molecule has 1 aliphatic heterocycles. The molecule has 0 saturated carbocycles. The fourth-order valence-corrected chi connectivity index (χ4v) is 2.52. The van der Waals surface area contributed by atoms with Crippen molar-refractivity contribution in [3.8, 4) is 0 Å². The molecule has 104 valence electrons. The number of rotatable bonds is 4. The van der Waals surface area contributed by atoms with Crippen molar-refractivity contribution in [1.82, 2.24) is 4.98 Å². The molecule has 2 N–H and O–H groups in total. The van der Waals surface area contributed by atoms with Crippen LogP contribution in [0.1, 0.15) is 19.8 Å². The lowest BCUT2D eigenvalue weighted by molar-refractivity contribution is -0.133. The van der Waals surface area contributed by atoms with Crippen LogP contribution >= 0.6 is 0 Å². The van der Waals surface area contributed by atoms with Crippen LogP contribution in [0.15, 0.2) is 24.5 Å². The van der Waals surface area contributed by atoms with Gasteiger partial charge in [-0.2, -0.15) is 0 Å². The Hall–Kier alpha value is -1.46. The normalized spacial score (nSPS) is 18.0. The van der Waals surface area contributed by atoms with Gasteiger partial charge < -0.3 is 15.4 Å². The Labute approximate surface area is 113 Å². The van der Waals surface area contributed by atoms with Crippen LogP contribution in [0.5, 0.6) is 0 Å². The van der Waals surface area contributed by atoms with Crippen LogP contribution in [0.25, 0.3) is 0 Å². The highest BCUT2D eigenvalue weighted by Crippen LogP contribution is 2.33. The van der Waals surface area contributed by atoms with E-state index in [-0.39, 0.29) is 5.91 Å². The molecule has 0 aromatic carbocycles. The number of carbonyl (C=O) groups excluding carboxylic acids is 1. The van der Waals surface area contributed by atoms with E-state index in [9.17, 15) is 4.79 Å². The smallest absolute Gasteiger partial charge is 0.234 e. The van der Waals surface area contributed by atoms with Crippen LogP contribution in [0.4, 0.5) is 5.69 Å². The summed E-state index contributed by atoms with van der Waals surface area (Å²) in [7, 11) is 0. The van der Waals surface area contributed by atoms with E-state index >= 15 is 0 Å². The molecule has 1 fully saturated rings. The molecule has 1 aliphatic rings. The Kier molecular flexibility index (Phi) is 4.50. The zero-order valence-corrected chi connectivity index (χ0v) is 11.3. The van der Waals surface area contributed by atoms with E-state index in [1.54, 1.807) is 17.3 Å². The summed E-state index contributed by atoms with van der Waals surface area (Å²) in [5.74, 6) is 0.104. The molecule has 0 atom stereocenters. The van der Waals surface area contributed by atoms with Gasteiger partial charge in [0.1, 0.15) is 0 Å². The molecule has 2 heterocycles. The molecule has 2 rings (SSSR count). The fraction of sp³-hybridized carbons (Fsp3) is 0.571. The molecule has 1 aromatic rings. The molecule has 0 spiro atoms. The van der Waals surface area contributed by atoms with Crippen molar-refractivity contribution >= 4 is 11.6 Å². The Morgan fingerprint density at radius 1 is 1.42 bits per heavy atom. The molecule has 0 aliphatic carbocycles. The zero-order valence-electron chi connectivity index (χ0n) is 11.3. The minimum Gasteiger partial charge on any atom is -0.381 e. The van der Waals surface area contributed by atoms with E-state index in [2.05, 4.69) is 4.98 Å². The molecule has 1 saturated heterocycles. The Morgan fingerprint density at radius 3 is 2.58 bits per heavy atom. The topological polar surface area (TPSA) is 68.5 Å². The summed E-state index contributed by atoms with van der Waals surface area (Å²) in [4.78, 5) is 18.6. The number of nitrogens with two attached hydrogens (primary N) is 1. The number of nitrogens with zero attached hydrogens (tertiary/aromatic N) is 2. The van der Waals surface area contributed by atoms with E-state index in [4.69, 9.17) is 10.5 Å². The first-order valence-corrected chi connectivity index (χ1v) is 6.73. The first-order valence-electron chi connectivity index (χ1n) is 6.73. The molecule has 1 amide bonds. The highest BCUT2D eigenvalue weighted by Gasteiger charge is 2.41. The predicted octanol–water partition coefficient (Wildman–Crippen LogP) is 1.19. The summed E-state index contributed by atoms with van der Waals surface area (Å²) >= 11 is 0. The van der Waals surface area contributed by atoms with Crippen LogP contribution in [0, 0.1) is 5.41 Å². The molecule has 5 nitrogen and oxygen atoms in total. The van der Waals surface area contributed by atoms with Crippen LogP contribution < -0.4 is 10.6 Å². The number of hydrogen-bond acceptors (Lipinski definition) is 4. The Morgan fingerprint density at radius 2 is 2.05 bits per heavy atom. The van der Waals surface area contributed by atoms with Crippen molar-refractivity contribution < 1.29 is 9.53 Å². The van der Waals surface area contributed by atoms with E-state index in [1.165, 1.54) is 0 Å². The Bertz CT molecular complexity index is 416. The average Bonchev–Trinajstić information content (AvgIpc) is 2.49. The minimum absolute atomic E-state index is 0.104. The Balaban J connectivity index is 2.24. The summed E-state index contributed by atoms with van der Waals surface area (Å²) in [5.41, 5.74) is 6.30. The van der Waals surface area contributed by atoms with Gasteiger partial charge in [0.2, 0.25) is 5.91 Å². The molecule has 19 heavy (non-hydrogen) atoms. The van der Waals surface area contributed by atoms with E-state index < -0.39 is 5.41 Å². The summed E-state index contributed by atoms with van der Waals surface area (Å²) in [6, 6.07) is 3.70. The molecule has 5 heteroatoms. The quantitative estimate of drug-likeness (QED) is 0.886. The zero-order chi connectivity index (χ0) is 13.7. The third-order valence-electron chi connectivity index (χ3n) is 3.83. The van der Waals surface area contributed by atoms with Gasteiger partial charge in [0.15, 0.2) is 0 Å². The summed E-state index contributed by atoms with van der Waals surface area (Å²) < 4.78 is 5.36. The van der Waals surface area contributed by atoms with Gasteiger partial charge in [-0.1, -0.05) is 0 Å². The number of hydrogen-bond donors (Lipinski definition) is 1. The molecule has 0 unspecified atom stereocenters. The monoisotopic (exact) mass is 263 g/mol. The summed E-state index contributed by atoms with van der Waals surface area (Å²) in [5, 5.41) is 0. The average molecular weight is 263 g/mol. The van der Waals surface area contributed by atoms with Crippen molar-refractivity contribution in [3.05, 3.63) is 24.5 Å². The molecule has 0 radical (unpaired) electrons.